The van der Waals surface area contributed by atoms with Gasteiger partial charge in [0.25, 0.3) is 0 Å². The van der Waals surface area contributed by atoms with Crippen molar-refractivity contribution in [2.75, 3.05) is 13.2 Å². The van der Waals surface area contributed by atoms with Crippen LogP contribution < -0.4 is 0 Å². The van der Waals surface area contributed by atoms with E-state index in [4.69, 9.17) is 9.47 Å². The predicted molar refractivity (Wildman–Crippen MR) is 64.0 cm³/mol. The van der Waals surface area contributed by atoms with Crippen LogP contribution in [-0.4, -0.2) is 30.7 Å². The van der Waals surface area contributed by atoms with Crippen LogP contribution in [0.1, 0.15) is 34.6 Å². The third-order valence-corrected chi connectivity index (χ3v) is 4.04. The largest absolute Gasteiger partial charge is 0.396 e. The molecule has 6 atom stereocenters. The monoisotopic (exact) mass is 230 g/mol. The van der Waals surface area contributed by atoms with Crippen LogP contribution in [0, 0.1) is 23.7 Å². The minimum Gasteiger partial charge on any atom is -0.396 e. The number of aliphatic hydroxyl groups excluding tert-OH is 1. The summed E-state index contributed by atoms with van der Waals surface area (Å²) < 4.78 is 11.3. The second kappa shape index (κ2) is 5.99. The molecule has 0 aromatic heterocycles. The minimum atomic E-state index is -0.0970. The molecule has 1 N–H and O–H groups in total. The molecule has 1 fully saturated rings. The normalized spacial score (nSPS) is 36.8. The van der Waals surface area contributed by atoms with Crippen LogP contribution in [-0.2, 0) is 9.47 Å². The van der Waals surface area contributed by atoms with E-state index >= 15 is 0 Å². The molecule has 1 rings (SSSR count). The molecule has 1 heterocycles. The van der Waals surface area contributed by atoms with Crippen molar-refractivity contribution in [3.05, 3.63) is 0 Å². The van der Waals surface area contributed by atoms with E-state index in [0.29, 0.717) is 23.7 Å². The maximum atomic E-state index is 9.20. The fraction of sp³-hybridized carbons (Fsp3) is 1.00. The zero-order valence-electron chi connectivity index (χ0n) is 11.1. The van der Waals surface area contributed by atoms with Gasteiger partial charge in [0, 0.05) is 12.5 Å². The summed E-state index contributed by atoms with van der Waals surface area (Å²) in [5.74, 6) is 1.66. The quantitative estimate of drug-likeness (QED) is 0.805. The molecule has 0 radical (unpaired) electrons. The summed E-state index contributed by atoms with van der Waals surface area (Å²) in [6.07, 6.45) is 0.146. The van der Waals surface area contributed by atoms with E-state index in [2.05, 4.69) is 27.7 Å². The lowest BCUT2D eigenvalue weighted by molar-refractivity contribution is -0.241. The topological polar surface area (TPSA) is 38.7 Å². The molecule has 5 unspecified atom stereocenters. The van der Waals surface area contributed by atoms with E-state index in [1.165, 1.54) is 0 Å². The van der Waals surface area contributed by atoms with Crippen LogP contribution in [0.4, 0.5) is 0 Å². The minimum absolute atomic E-state index is 0.0970. The lowest BCUT2D eigenvalue weighted by Crippen LogP contribution is -2.44. The van der Waals surface area contributed by atoms with E-state index in [1.54, 1.807) is 0 Å². The van der Waals surface area contributed by atoms with Crippen molar-refractivity contribution < 1.29 is 14.6 Å². The van der Waals surface area contributed by atoms with Crippen LogP contribution >= 0.6 is 0 Å². The number of hydrogen-bond donors (Lipinski definition) is 1. The first-order chi connectivity index (χ1) is 7.47. The Labute approximate surface area is 99.1 Å². The second-order valence-corrected chi connectivity index (χ2v) is 5.36. The van der Waals surface area contributed by atoms with E-state index < -0.39 is 0 Å². The Hall–Kier alpha value is -0.120. The first kappa shape index (κ1) is 13.9. The van der Waals surface area contributed by atoms with Gasteiger partial charge in [-0.2, -0.15) is 0 Å². The van der Waals surface area contributed by atoms with E-state index in [1.807, 2.05) is 6.92 Å². The summed E-state index contributed by atoms with van der Waals surface area (Å²) in [6.45, 7) is 11.6. The number of hydrogen-bond acceptors (Lipinski definition) is 3. The predicted octanol–water partition coefficient (Wildman–Crippen LogP) is 2.28. The zero-order valence-corrected chi connectivity index (χ0v) is 11.1. The van der Waals surface area contributed by atoms with Crippen LogP contribution in [0.2, 0.25) is 0 Å². The molecule has 96 valence electrons. The zero-order chi connectivity index (χ0) is 12.3. The second-order valence-electron chi connectivity index (χ2n) is 5.36. The van der Waals surface area contributed by atoms with Gasteiger partial charge >= 0.3 is 0 Å². The highest BCUT2D eigenvalue weighted by Gasteiger charge is 2.34. The Morgan fingerprint density at radius 3 is 2.44 bits per heavy atom. The number of aliphatic hydroxyl groups is 1. The lowest BCUT2D eigenvalue weighted by Gasteiger charge is -2.40. The van der Waals surface area contributed by atoms with E-state index in [9.17, 15) is 5.11 Å². The van der Waals surface area contributed by atoms with Crippen molar-refractivity contribution in [3.8, 4) is 0 Å². The fourth-order valence-electron chi connectivity index (χ4n) is 2.40. The smallest absolute Gasteiger partial charge is 0.155 e. The molecule has 1 saturated heterocycles. The summed E-state index contributed by atoms with van der Waals surface area (Å²) in [5.41, 5.74) is 0. The molecule has 16 heavy (non-hydrogen) atoms. The first-order valence-electron chi connectivity index (χ1n) is 6.35. The Morgan fingerprint density at radius 1 is 1.25 bits per heavy atom. The molecule has 0 aromatic carbocycles. The molecule has 1 aliphatic rings. The molecule has 0 bridgehead atoms. The molecule has 3 heteroatoms. The number of ether oxygens (including phenoxy) is 2. The summed E-state index contributed by atoms with van der Waals surface area (Å²) in [6, 6.07) is 0. The molecule has 0 saturated carbocycles. The maximum absolute atomic E-state index is 9.20. The average Bonchev–Trinajstić information content (AvgIpc) is 2.29. The summed E-state index contributed by atoms with van der Waals surface area (Å²) >= 11 is 0. The lowest BCUT2D eigenvalue weighted by atomic mass is 9.78. The Balaban J connectivity index is 2.60. The van der Waals surface area contributed by atoms with Gasteiger partial charge in [0.2, 0.25) is 0 Å². The highest BCUT2D eigenvalue weighted by molar-refractivity contribution is 4.80. The summed E-state index contributed by atoms with van der Waals surface area (Å²) in [5, 5.41) is 9.20. The van der Waals surface area contributed by atoms with Crippen molar-refractivity contribution >= 4 is 0 Å². The Morgan fingerprint density at radius 2 is 1.88 bits per heavy atom. The summed E-state index contributed by atoms with van der Waals surface area (Å²) in [4.78, 5) is 0. The average molecular weight is 230 g/mol. The number of rotatable bonds is 4. The van der Waals surface area contributed by atoms with Crippen LogP contribution in [0.3, 0.4) is 0 Å². The van der Waals surface area contributed by atoms with E-state index in [0.717, 1.165) is 6.61 Å². The SMILES string of the molecule is CC1OCC(C)C(C(C)C(C)[C@@H](C)CO)O1. The van der Waals surface area contributed by atoms with Gasteiger partial charge in [0.05, 0.1) is 12.7 Å². The van der Waals surface area contributed by atoms with Crippen molar-refractivity contribution in [1.82, 2.24) is 0 Å². The molecular formula is C13H26O3. The highest BCUT2D eigenvalue weighted by atomic mass is 16.7. The fourth-order valence-corrected chi connectivity index (χ4v) is 2.40. The molecule has 0 aliphatic carbocycles. The van der Waals surface area contributed by atoms with Gasteiger partial charge in [-0.05, 0) is 24.7 Å². The van der Waals surface area contributed by atoms with E-state index in [-0.39, 0.29) is 19.0 Å². The molecule has 1 aliphatic heterocycles. The van der Waals surface area contributed by atoms with Crippen molar-refractivity contribution in [2.45, 2.75) is 47.0 Å². The van der Waals surface area contributed by atoms with Gasteiger partial charge in [0.15, 0.2) is 6.29 Å². The molecule has 0 aromatic rings. The van der Waals surface area contributed by atoms with Crippen LogP contribution in [0.25, 0.3) is 0 Å². The first-order valence-corrected chi connectivity index (χ1v) is 6.35. The Kier molecular flexibility index (Phi) is 5.22. The highest BCUT2D eigenvalue weighted by Crippen LogP contribution is 2.31. The van der Waals surface area contributed by atoms with Crippen LogP contribution in [0.15, 0.2) is 0 Å². The summed E-state index contributed by atoms with van der Waals surface area (Å²) in [7, 11) is 0. The van der Waals surface area contributed by atoms with Crippen molar-refractivity contribution in [1.29, 1.82) is 0 Å². The van der Waals surface area contributed by atoms with Crippen molar-refractivity contribution in [3.63, 3.8) is 0 Å². The van der Waals surface area contributed by atoms with Gasteiger partial charge in [0.1, 0.15) is 0 Å². The molecule has 3 nitrogen and oxygen atoms in total. The van der Waals surface area contributed by atoms with Gasteiger partial charge in [-0.1, -0.05) is 27.7 Å². The molecule has 0 spiro atoms. The maximum Gasteiger partial charge on any atom is 0.155 e. The Bertz CT molecular complexity index is 207. The third-order valence-electron chi connectivity index (χ3n) is 4.04. The van der Waals surface area contributed by atoms with Crippen molar-refractivity contribution in [2.24, 2.45) is 23.7 Å². The van der Waals surface area contributed by atoms with Gasteiger partial charge < -0.3 is 14.6 Å². The molecule has 0 amide bonds. The standard InChI is InChI=1S/C13H26O3/c1-8(6-14)10(3)11(4)13-9(2)7-15-12(5)16-13/h8-14H,6-7H2,1-5H3/t8-,9?,10?,11?,12?,13?/m0/s1. The van der Waals surface area contributed by atoms with Gasteiger partial charge in [-0.15, -0.1) is 0 Å². The van der Waals surface area contributed by atoms with Gasteiger partial charge in [-0.3, -0.25) is 0 Å². The van der Waals surface area contributed by atoms with Crippen LogP contribution in [0.5, 0.6) is 0 Å². The van der Waals surface area contributed by atoms with Gasteiger partial charge in [-0.25, -0.2) is 0 Å². The third kappa shape index (κ3) is 3.19. The molecular weight excluding hydrogens is 204 g/mol.